The molecule has 0 radical (unpaired) electrons. The van der Waals surface area contributed by atoms with Crippen molar-refractivity contribution in [3.63, 3.8) is 0 Å². The van der Waals surface area contributed by atoms with Gasteiger partial charge in [-0.15, -0.1) is 0 Å². The Labute approximate surface area is 122 Å². The van der Waals surface area contributed by atoms with Crippen LogP contribution in [0.4, 0.5) is 0 Å². The van der Waals surface area contributed by atoms with E-state index in [4.69, 9.17) is 5.11 Å². The number of fused-ring (bicyclic) bond motifs is 5. The third-order valence-corrected chi connectivity index (χ3v) is 6.04. The van der Waals surface area contributed by atoms with E-state index in [-0.39, 0.29) is 6.61 Å². The summed E-state index contributed by atoms with van der Waals surface area (Å²) in [7, 11) is 0. The quantitative estimate of drug-likeness (QED) is 0.570. The molecule has 3 aliphatic rings. The van der Waals surface area contributed by atoms with E-state index in [0.717, 1.165) is 19.3 Å². The topological polar surface area (TPSA) is 37.3 Å². The van der Waals surface area contributed by atoms with Crippen LogP contribution >= 0.6 is 0 Å². The Morgan fingerprint density at radius 2 is 1.95 bits per heavy atom. The Morgan fingerprint density at radius 1 is 1.15 bits per heavy atom. The molecule has 0 aromatic carbocycles. The first kappa shape index (κ1) is 14.3. The zero-order chi connectivity index (χ0) is 14.1. The van der Waals surface area contributed by atoms with Gasteiger partial charge in [0.15, 0.2) is 0 Å². The van der Waals surface area contributed by atoms with Gasteiger partial charge in [-0.3, -0.25) is 4.79 Å². The normalized spacial score (nSPS) is 41.6. The molecule has 3 aliphatic carbocycles. The number of hydrogen-bond acceptors (Lipinski definition) is 2. The molecule has 3 rings (SSSR count). The number of hydrogen-bond donors (Lipinski definition) is 1. The third-order valence-electron chi connectivity index (χ3n) is 6.04. The maximum absolute atomic E-state index is 12.8. The van der Waals surface area contributed by atoms with E-state index in [1.807, 2.05) is 0 Å². The van der Waals surface area contributed by atoms with Crippen molar-refractivity contribution in [2.24, 2.45) is 35.5 Å². The first-order valence-electron chi connectivity index (χ1n) is 8.60. The molecule has 2 unspecified atom stereocenters. The summed E-state index contributed by atoms with van der Waals surface area (Å²) in [6.07, 6.45) is 12.6. The molecule has 0 heterocycles. The lowest BCUT2D eigenvalue weighted by Crippen LogP contribution is -2.22. The monoisotopic (exact) mass is 276 g/mol. The third kappa shape index (κ3) is 2.26. The van der Waals surface area contributed by atoms with Crippen LogP contribution in [0.2, 0.25) is 0 Å². The minimum Gasteiger partial charge on any atom is -0.396 e. The Balaban J connectivity index is 1.73. The van der Waals surface area contributed by atoms with Crippen LogP contribution in [0.25, 0.3) is 0 Å². The molecule has 2 saturated carbocycles. The SMILES string of the molecule is CCCC[C@@H]1C2C(C(=O)[C@H]1CCCCO)[C@H]1C=C[C@@H]2C1. The molecular weight excluding hydrogens is 248 g/mol. The molecule has 2 bridgehead atoms. The van der Waals surface area contributed by atoms with Gasteiger partial charge >= 0.3 is 0 Å². The van der Waals surface area contributed by atoms with Crippen LogP contribution in [0.3, 0.4) is 0 Å². The lowest BCUT2D eigenvalue weighted by molar-refractivity contribution is -0.125. The Hall–Kier alpha value is -0.630. The van der Waals surface area contributed by atoms with Crippen molar-refractivity contribution in [2.75, 3.05) is 6.61 Å². The van der Waals surface area contributed by atoms with Gasteiger partial charge < -0.3 is 5.11 Å². The summed E-state index contributed by atoms with van der Waals surface area (Å²) in [5.74, 6) is 3.77. The van der Waals surface area contributed by atoms with Gasteiger partial charge in [0.2, 0.25) is 0 Å². The molecular formula is C18H28O2. The van der Waals surface area contributed by atoms with E-state index in [9.17, 15) is 4.79 Å². The number of allylic oxidation sites excluding steroid dienone is 2. The Kier molecular flexibility index (Phi) is 4.30. The van der Waals surface area contributed by atoms with Gasteiger partial charge in [0.1, 0.15) is 5.78 Å². The van der Waals surface area contributed by atoms with Gasteiger partial charge in [-0.1, -0.05) is 38.3 Å². The van der Waals surface area contributed by atoms with Crippen LogP contribution in [-0.2, 0) is 4.79 Å². The van der Waals surface area contributed by atoms with Crippen molar-refractivity contribution in [1.29, 1.82) is 0 Å². The molecule has 1 N–H and O–H groups in total. The minimum absolute atomic E-state index is 0.264. The second-order valence-corrected chi connectivity index (χ2v) is 7.09. The van der Waals surface area contributed by atoms with Crippen molar-refractivity contribution in [2.45, 2.75) is 51.9 Å². The van der Waals surface area contributed by atoms with Crippen LogP contribution in [0, 0.1) is 35.5 Å². The number of Topliss-reactive ketones (excluding diaryl/α,β-unsaturated/α-hetero) is 1. The molecule has 0 aromatic heterocycles. The lowest BCUT2D eigenvalue weighted by atomic mass is 9.77. The summed E-state index contributed by atoms with van der Waals surface area (Å²) in [6.45, 7) is 2.51. The fraction of sp³-hybridized carbons (Fsp3) is 0.833. The molecule has 6 atom stereocenters. The second-order valence-electron chi connectivity index (χ2n) is 7.09. The van der Waals surface area contributed by atoms with Crippen LogP contribution in [0.15, 0.2) is 12.2 Å². The summed E-state index contributed by atoms with van der Waals surface area (Å²) in [4.78, 5) is 12.8. The molecule has 112 valence electrons. The lowest BCUT2D eigenvalue weighted by Gasteiger charge is -2.27. The molecule has 2 fully saturated rings. The van der Waals surface area contributed by atoms with Crippen LogP contribution in [-0.4, -0.2) is 17.5 Å². The maximum atomic E-state index is 12.8. The van der Waals surface area contributed by atoms with Crippen molar-refractivity contribution in [3.8, 4) is 0 Å². The van der Waals surface area contributed by atoms with Gasteiger partial charge in [-0.2, -0.15) is 0 Å². The molecule has 0 aromatic rings. The minimum atomic E-state index is 0.264. The van der Waals surface area contributed by atoms with E-state index in [1.54, 1.807) is 0 Å². The first-order valence-corrected chi connectivity index (χ1v) is 8.60. The summed E-state index contributed by atoms with van der Waals surface area (Å²) >= 11 is 0. The summed E-state index contributed by atoms with van der Waals surface area (Å²) < 4.78 is 0. The largest absolute Gasteiger partial charge is 0.396 e. The molecule has 20 heavy (non-hydrogen) atoms. The van der Waals surface area contributed by atoms with Gasteiger partial charge in [0.05, 0.1) is 0 Å². The molecule has 0 saturated heterocycles. The second kappa shape index (κ2) is 6.01. The highest BCUT2D eigenvalue weighted by Gasteiger charge is 2.58. The number of unbranched alkanes of at least 4 members (excludes halogenated alkanes) is 2. The maximum Gasteiger partial charge on any atom is 0.140 e. The fourth-order valence-electron chi connectivity index (χ4n) is 5.24. The number of rotatable bonds is 7. The number of carbonyl (C=O) groups is 1. The number of aliphatic hydroxyl groups is 1. The Bertz CT molecular complexity index is 387. The highest BCUT2D eigenvalue weighted by atomic mass is 16.2. The van der Waals surface area contributed by atoms with Crippen LogP contribution < -0.4 is 0 Å². The summed E-state index contributed by atoms with van der Waals surface area (Å²) in [5, 5.41) is 8.97. The van der Waals surface area contributed by atoms with Crippen molar-refractivity contribution < 1.29 is 9.90 Å². The van der Waals surface area contributed by atoms with Crippen LogP contribution in [0.5, 0.6) is 0 Å². The highest BCUT2D eigenvalue weighted by molar-refractivity contribution is 5.87. The number of carbonyl (C=O) groups excluding carboxylic acids is 1. The zero-order valence-electron chi connectivity index (χ0n) is 12.6. The standard InChI is InChI=1S/C18H28O2/c1-2-3-6-14-15(7-4-5-10-19)18(20)17-13-9-8-12(11-13)16(14)17/h8-9,12-17,19H,2-7,10-11H2,1H3/t12-,13+,14+,15+,16?,17?/m1/s1. The predicted molar refractivity (Wildman–Crippen MR) is 80.2 cm³/mol. The van der Waals surface area contributed by atoms with E-state index in [1.165, 1.54) is 25.7 Å². The highest BCUT2D eigenvalue weighted by Crippen LogP contribution is 2.59. The van der Waals surface area contributed by atoms with E-state index < -0.39 is 0 Å². The molecule has 0 spiro atoms. The number of aliphatic hydroxyl groups excluding tert-OH is 1. The molecule has 0 aliphatic heterocycles. The van der Waals surface area contributed by atoms with Crippen molar-refractivity contribution >= 4 is 5.78 Å². The van der Waals surface area contributed by atoms with Crippen molar-refractivity contribution in [1.82, 2.24) is 0 Å². The zero-order valence-corrected chi connectivity index (χ0v) is 12.6. The fourth-order valence-corrected chi connectivity index (χ4v) is 5.24. The molecule has 0 amide bonds. The van der Waals surface area contributed by atoms with Crippen LogP contribution in [0.1, 0.15) is 51.9 Å². The van der Waals surface area contributed by atoms with E-state index in [0.29, 0.717) is 41.3 Å². The van der Waals surface area contributed by atoms with Gasteiger partial charge in [-0.25, -0.2) is 0 Å². The van der Waals surface area contributed by atoms with E-state index in [2.05, 4.69) is 19.1 Å². The average Bonchev–Trinajstić information content (AvgIpc) is 3.11. The predicted octanol–water partition coefficient (Wildman–Crippen LogP) is 3.59. The summed E-state index contributed by atoms with van der Waals surface area (Å²) in [5.41, 5.74) is 0. The van der Waals surface area contributed by atoms with Gasteiger partial charge in [0, 0.05) is 18.4 Å². The molecule has 2 heteroatoms. The smallest absolute Gasteiger partial charge is 0.140 e. The first-order chi connectivity index (χ1) is 9.77. The number of ketones is 1. The van der Waals surface area contributed by atoms with Crippen molar-refractivity contribution in [3.05, 3.63) is 12.2 Å². The van der Waals surface area contributed by atoms with Gasteiger partial charge in [0.25, 0.3) is 0 Å². The average molecular weight is 276 g/mol. The Morgan fingerprint density at radius 3 is 2.70 bits per heavy atom. The molecule has 2 nitrogen and oxygen atoms in total. The van der Waals surface area contributed by atoms with E-state index >= 15 is 0 Å². The van der Waals surface area contributed by atoms with Gasteiger partial charge in [-0.05, 0) is 49.4 Å². The summed E-state index contributed by atoms with van der Waals surface area (Å²) in [6, 6.07) is 0.